The zero-order valence-electron chi connectivity index (χ0n) is 20.9. The van der Waals surface area contributed by atoms with Crippen LogP contribution in [0.3, 0.4) is 0 Å². The van der Waals surface area contributed by atoms with Gasteiger partial charge in [-0.1, -0.05) is 54.6 Å². The highest BCUT2D eigenvalue weighted by atomic mass is 16.2. The van der Waals surface area contributed by atoms with Crippen molar-refractivity contribution in [2.45, 2.75) is 38.5 Å². The molecule has 1 amide bonds. The number of anilines is 1. The van der Waals surface area contributed by atoms with Crippen LogP contribution in [0.15, 0.2) is 67.0 Å². The van der Waals surface area contributed by atoms with Crippen molar-refractivity contribution in [3.8, 4) is 22.5 Å². The number of likely N-dealkylation sites (tertiary alicyclic amines) is 1. The number of Topliss-reactive ketones (excluding diaryl/α,β-unsaturated/α-hetero) is 1. The molecule has 6 rings (SSSR count). The average molecular weight is 494 g/mol. The van der Waals surface area contributed by atoms with Gasteiger partial charge in [0.1, 0.15) is 0 Å². The third-order valence-electron chi connectivity index (χ3n) is 7.30. The Hall–Kier alpha value is -4.00. The van der Waals surface area contributed by atoms with E-state index in [4.69, 9.17) is 9.97 Å². The van der Waals surface area contributed by atoms with Gasteiger partial charge in [0.25, 0.3) is 0 Å². The van der Waals surface area contributed by atoms with E-state index in [0.29, 0.717) is 25.3 Å². The number of carbonyl (C=O) groups is 2. The number of hydrogen-bond acceptors (Lipinski definition) is 5. The van der Waals surface area contributed by atoms with Gasteiger partial charge in [-0.3, -0.25) is 14.0 Å². The molecule has 1 saturated carbocycles. The van der Waals surface area contributed by atoms with E-state index in [-0.39, 0.29) is 11.7 Å². The van der Waals surface area contributed by atoms with Crippen molar-refractivity contribution in [1.29, 1.82) is 0 Å². The predicted molar refractivity (Wildman–Crippen MR) is 144 cm³/mol. The third kappa shape index (κ3) is 5.12. The van der Waals surface area contributed by atoms with Crippen molar-refractivity contribution in [3.63, 3.8) is 0 Å². The van der Waals surface area contributed by atoms with E-state index >= 15 is 0 Å². The minimum absolute atomic E-state index is 0.227. The van der Waals surface area contributed by atoms with Gasteiger partial charge in [0.05, 0.1) is 17.6 Å². The molecule has 1 N–H and O–H groups in total. The molecular formula is C30H31N5O2. The number of fused-ring (bicyclic) bond motifs is 1. The molecular weight excluding hydrogens is 462 g/mol. The summed E-state index contributed by atoms with van der Waals surface area (Å²) in [5, 5.41) is 3.47. The number of ketones is 1. The topological polar surface area (TPSA) is 79.6 Å². The molecule has 3 heterocycles. The van der Waals surface area contributed by atoms with Gasteiger partial charge < -0.3 is 10.2 Å². The maximum absolute atomic E-state index is 12.5. The normalized spacial score (nSPS) is 15.5. The Labute approximate surface area is 216 Å². The van der Waals surface area contributed by atoms with E-state index in [1.165, 1.54) is 12.8 Å². The van der Waals surface area contributed by atoms with E-state index < -0.39 is 0 Å². The number of rotatable bonds is 10. The number of benzene rings is 2. The van der Waals surface area contributed by atoms with Crippen LogP contribution in [0.1, 0.15) is 48.9 Å². The smallest absolute Gasteiger partial charge is 0.222 e. The minimum atomic E-state index is 0.227. The fourth-order valence-electron chi connectivity index (χ4n) is 5.01. The minimum Gasteiger partial charge on any atom is -0.367 e. The molecule has 1 saturated heterocycles. The highest BCUT2D eigenvalue weighted by molar-refractivity contribution is 5.96. The van der Waals surface area contributed by atoms with Crippen LogP contribution in [0.25, 0.3) is 28.2 Å². The molecule has 0 spiro atoms. The second-order valence-corrected chi connectivity index (χ2v) is 10.1. The third-order valence-corrected chi connectivity index (χ3v) is 7.30. The van der Waals surface area contributed by atoms with Gasteiger partial charge in [0.15, 0.2) is 17.2 Å². The van der Waals surface area contributed by atoms with Crippen LogP contribution in [-0.2, 0) is 4.79 Å². The summed E-state index contributed by atoms with van der Waals surface area (Å²) >= 11 is 0. The molecule has 7 nitrogen and oxygen atoms in total. The maximum atomic E-state index is 12.5. The number of amides is 1. The Balaban J connectivity index is 1.28. The molecule has 0 radical (unpaired) electrons. The van der Waals surface area contributed by atoms with Crippen molar-refractivity contribution in [2.75, 3.05) is 25.0 Å². The second kappa shape index (κ2) is 10.2. The summed E-state index contributed by atoms with van der Waals surface area (Å²) in [6, 6.07) is 18.0. The van der Waals surface area contributed by atoms with Crippen LogP contribution in [0.5, 0.6) is 0 Å². The number of nitrogens with zero attached hydrogens (tertiary/aromatic N) is 4. The Morgan fingerprint density at radius 2 is 1.84 bits per heavy atom. The van der Waals surface area contributed by atoms with Crippen LogP contribution in [0.4, 0.5) is 5.82 Å². The van der Waals surface area contributed by atoms with Gasteiger partial charge >= 0.3 is 0 Å². The number of aromatic nitrogens is 3. The molecule has 4 aromatic rings. The van der Waals surface area contributed by atoms with E-state index in [1.54, 1.807) is 0 Å². The quantitative estimate of drug-likeness (QED) is 0.234. The molecule has 2 aliphatic rings. The lowest BCUT2D eigenvalue weighted by Crippen LogP contribution is -2.27. The number of carbonyl (C=O) groups excluding carboxylic acids is 2. The molecule has 2 aromatic carbocycles. The standard InChI is InChI=1S/C30H31N5O2/c36-27(18-21-9-10-21)24-13-11-23(12-14-24)26-19-32-30-29(31-15-5-17-34-16-4-8-28(34)37)33-25(20-35(26)30)22-6-2-1-3-7-22/h1-3,6-7,11-14,19-21H,4-5,8-10,15-18H2,(H,31,33). The van der Waals surface area contributed by atoms with Crippen molar-refractivity contribution >= 4 is 23.2 Å². The fourth-order valence-corrected chi connectivity index (χ4v) is 5.01. The first-order valence-corrected chi connectivity index (χ1v) is 13.2. The molecule has 2 aromatic heterocycles. The van der Waals surface area contributed by atoms with E-state index in [9.17, 15) is 9.59 Å². The fraction of sp³-hybridized carbons (Fsp3) is 0.333. The van der Waals surface area contributed by atoms with Crippen LogP contribution >= 0.6 is 0 Å². The first-order chi connectivity index (χ1) is 18.2. The lowest BCUT2D eigenvalue weighted by atomic mass is 10.0. The molecule has 0 unspecified atom stereocenters. The molecule has 1 aliphatic carbocycles. The van der Waals surface area contributed by atoms with Gasteiger partial charge in [0.2, 0.25) is 5.91 Å². The first kappa shape index (κ1) is 23.4. The highest BCUT2D eigenvalue weighted by Gasteiger charge is 2.25. The molecule has 0 bridgehead atoms. The average Bonchev–Trinajstić information content (AvgIpc) is 3.49. The van der Waals surface area contributed by atoms with Crippen LogP contribution in [0, 0.1) is 5.92 Å². The van der Waals surface area contributed by atoms with Crippen molar-refractivity contribution < 1.29 is 9.59 Å². The first-order valence-electron chi connectivity index (χ1n) is 13.2. The number of hydrogen-bond donors (Lipinski definition) is 1. The van der Waals surface area contributed by atoms with Gasteiger partial charge in [-0.15, -0.1) is 0 Å². The Bertz CT molecular complexity index is 1420. The van der Waals surface area contributed by atoms with E-state index in [1.807, 2.05) is 71.9 Å². The van der Waals surface area contributed by atoms with Crippen molar-refractivity contribution in [2.24, 2.45) is 5.92 Å². The molecule has 188 valence electrons. The summed E-state index contributed by atoms with van der Waals surface area (Å²) in [6.45, 7) is 2.32. The lowest BCUT2D eigenvalue weighted by Gasteiger charge is -2.16. The van der Waals surface area contributed by atoms with Crippen LogP contribution in [0.2, 0.25) is 0 Å². The summed E-state index contributed by atoms with van der Waals surface area (Å²) in [5.41, 5.74) is 5.34. The summed E-state index contributed by atoms with van der Waals surface area (Å²) in [4.78, 5) is 36.0. The summed E-state index contributed by atoms with van der Waals surface area (Å²) in [7, 11) is 0. The Kier molecular flexibility index (Phi) is 6.43. The van der Waals surface area contributed by atoms with Gasteiger partial charge in [0, 0.05) is 55.4 Å². The molecule has 1 aliphatic heterocycles. The second-order valence-electron chi connectivity index (χ2n) is 10.1. The van der Waals surface area contributed by atoms with Gasteiger partial charge in [-0.25, -0.2) is 9.97 Å². The van der Waals surface area contributed by atoms with Gasteiger partial charge in [-0.2, -0.15) is 0 Å². The summed E-state index contributed by atoms with van der Waals surface area (Å²) in [5.74, 6) is 1.78. The molecule has 0 atom stereocenters. The summed E-state index contributed by atoms with van der Waals surface area (Å²) in [6.07, 6.45) is 9.36. The predicted octanol–water partition coefficient (Wildman–Crippen LogP) is 5.47. The molecule has 37 heavy (non-hydrogen) atoms. The zero-order valence-corrected chi connectivity index (χ0v) is 20.9. The zero-order chi connectivity index (χ0) is 25.2. The van der Waals surface area contributed by atoms with Crippen LogP contribution in [-0.4, -0.2) is 50.6 Å². The largest absolute Gasteiger partial charge is 0.367 e. The SMILES string of the molecule is O=C(CC1CC1)c1ccc(-c2cnc3c(NCCCN4CCCC4=O)nc(-c4ccccc4)cn23)cc1. The monoisotopic (exact) mass is 493 g/mol. The van der Waals surface area contributed by atoms with E-state index in [2.05, 4.69) is 9.72 Å². The lowest BCUT2D eigenvalue weighted by molar-refractivity contribution is -0.127. The molecule has 2 fully saturated rings. The summed E-state index contributed by atoms with van der Waals surface area (Å²) < 4.78 is 2.07. The van der Waals surface area contributed by atoms with Crippen LogP contribution < -0.4 is 5.32 Å². The molecule has 7 heteroatoms. The number of imidazole rings is 1. The van der Waals surface area contributed by atoms with Crippen molar-refractivity contribution in [1.82, 2.24) is 19.3 Å². The highest BCUT2D eigenvalue weighted by Crippen LogP contribution is 2.34. The maximum Gasteiger partial charge on any atom is 0.222 e. The number of nitrogens with one attached hydrogen (secondary N) is 1. The Morgan fingerprint density at radius 1 is 1.03 bits per heavy atom. The Morgan fingerprint density at radius 3 is 2.57 bits per heavy atom. The van der Waals surface area contributed by atoms with E-state index in [0.717, 1.165) is 65.5 Å². The van der Waals surface area contributed by atoms with Gasteiger partial charge in [-0.05, 0) is 31.6 Å². The van der Waals surface area contributed by atoms with Crippen molar-refractivity contribution in [3.05, 3.63) is 72.6 Å².